The Labute approximate surface area is 157 Å². The number of hydrogen-bond acceptors (Lipinski definition) is 5. The summed E-state index contributed by atoms with van der Waals surface area (Å²) in [6.07, 6.45) is 1.82. The maximum atomic E-state index is 11.7. The minimum atomic E-state index is -0.112. The number of para-hydroxylation sites is 1. The van der Waals surface area contributed by atoms with E-state index in [0.29, 0.717) is 6.54 Å². The number of carbonyl (C=O) groups is 1. The van der Waals surface area contributed by atoms with Gasteiger partial charge in [-0.1, -0.05) is 24.3 Å². The second-order valence-electron chi connectivity index (χ2n) is 6.82. The molecule has 1 aromatic carbocycles. The number of hydrogen-bond donors (Lipinski definition) is 1. The molecule has 3 heterocycles. The highest BCUT2D eigenvalue weighted by Gasteiger charge is 2.26. The van der Waals surface area contributed by atoms with Gasteiger partial charge in [0.05, 0.1) is 22.9 Å². The molecule has 7 nitrogen and oxygen atoms in total. The van der Waals surface area contributed by atoms with Crippen molar-refractivity contribution >= 4 is 16.8 Å². The summed E-state index contributed by atoms with van der Waals surface area (Å²) in [6, 6.07) is 14.5. The minimum Gasteiger partial charge on any atom is -0.375 e. The number of aromatic nitrogens is 3. The molecule has 1 unspecified atom stereocenters. The fourth-order valence-corrected chi connectivity index (χ4v) is 3.58. The van der Waals surface area contributed by atoms with E-state index in [2.05, 4.69) is 33.5 Å². The van der Waals surface area contributed by atoms with Crippen molar-refractivity contribution in [3.8, 4) is 0 Å². The van der Waals surface area contributed by atoms with Crippen molar-refractivity contribution in [2.24, 2.45) is 0 Å². The molecule has 0 saturated heterocycles. The summed E-state index contributed by atoms with van der Waals surface area (Å²) in [5, 5.41) is 8.51. The molecule has 1 atom stereocenters. The Kier molecular flexibility index (Phi) is 5.13. The molecule has 140 valence electrons. The molecule has 1 N–H and O–H groups in total. The number of ether oxygens (including phenoxy) is 1. The standard InChI is InChI=1S/C20H23N5O2/c1-27-14-20(26)21-10-18-13-24(12-17-8-9-22-25(17)18)11-16-7-6-15-4-2-3-5-19(15)23-16/h2-9,18H,10-14H2,1H3,(H,21,26). The molecule has 0 radical (unpaired) electrons. The summed E-state index contributed by atoms with van der Waals surface area (Å²) in [6.45, 7) is 2.98. The molecular formula is C20H23N5O2. The third-order valence-electron chi connectivity index (χ3n) is 4.80. The number of rotatable bonds is 6. The molecule has 2 aromatic heterocycles. The summed E-state index contributed by atoms with van der Waals surface area (Å²) >= 11 is 0. The average molecular weight is 365 g/mol. The van der Waals surface area contributed by atoms with Crippen LogP contribution < -0.4 is 5.32 Å². The van der Waals surface area contributed by atoms with E-state index in [-0.39, 0.29) is 18.6 Å². The molecule has 3 aromatic rings. The van der Waals surface area contributed by atoms with Crippen molar-refractivity contribution in [2.75, 3.05) is 26.8 Å². The number of benzene rings is 1. The van der Waals surface area contributed by atoms with Crippen LogP contribution in [0.1, 0.15) is 17.4 Å². The molecule has 0 spiro atoms. The number of amides is 1. The van der Waals surface area contributed by atoms with Gasteiger partial charge < -0.3 is 10.1 Å². The first-order chi connectivity index (χ1) is 13.2. The van der Waals surface area contributed by atoms with Crippen LogP contribution in [0.4, 0.5) is 0 Å². The summed E-state index contributed by atoms with van der Waals surface area (Å²) in [4.78, 5) is 18.9. The van der Waals surface area contributed by atoms with Gasteiger partial charge in [-0.2, -0.15) is 5.10 Å². The smallest absolute Gasteiger partial charge is 0.246 e. The van der Waals surface area contributed by atoms with Crippen molar-refractivity contribution in [3.05, 3.63) is 60.0 Å². The molecule has 1 aliphatic rings. The lowest BCUT2D eigenvalue weighted by molar-refractivity contribution is -0.124. The highest BCUT2D eigenvalue weighted by atomic mass is 16.5. The lowest BCUT2D eigenvalue weighted by Crippen LogP contribution is -2.43. The second kappa shape index (κ2) is 7.85. The molecule has 1 amide bonds. The summed E-state index contributed by atoms with van der Waals surface area (Å²) in [5.41, 5.74) is 3.21. The lowest BCUT2D eigenvalue weighted by Gasteiger charge is -2.33. The van der Waals surface area contributed by atoms with Crippen LogP contribution in [0.5, 0.6) is 0 Å². The Morgan fingerprint density at radius 2 is 2.15 bits per heavy atom. The molecule has 1 aliphatic heterocycles. The van der Waals surface area contributed by atoms with Crippen LogP contribution in [-0.4, -0.2) is 52.4 Å². The van der Waals surface area contributed by atoms with Crippen LogP contribution in [0.2, 0.25) is 0 Å². The Morgan fingerprint density at radius 3 is 3.04 bits per heavy atom. The van der Waals surface area contributed by atoms with Gasteiger partial charge in [0.2, 0.25) is 5.91 Å². The molecule has 0 aliphatic carbocycles. The van der Waals surface area contributed by atoms with Gasteiger partial charge in [0.25, 0.3) is 0 Å². The largest absolute Gasteiger partial charge is 0.375 e. The number of pyridine rings is 1. The van der Waals surface area contributed by atoms with Crippen LogP contribution >= 0.6 is 0 Å². The van der Waals surface area contributed by atoms with E-state index in [4.69, 9.17) is 9.72 Å². The zero-order chi connectivity index (χ0) is 18.6. The van der Waals surface area contributed by atoms with Gasteiger partial charge in [0.15, 0.2) is 0 Å². The molecule has 0 saturated carbocycles. The fourth-order valence-electron chi connectivity index (χ4n) is 3.58. The second-order valence-corrected chi connectivity index (χ2v) is 6.82. The van der Waals surface area contributed by atoms with E-state index in [9.17, 15) is 4.79 Å². The predicted molar refractivity (Wildman–Crippen MR) is 102 cm³/mol. The first-order valence-electron chi connectivity index (χ1n) is 9.08. The van der Waals surface area contributed by atoms with Gasteiger partial charge in [0.1, 0.15) is 6.61 Å². The molecule has 0 bridgehead atoms. The Balaban J connectivity index is 1.47. The molecular weight excluding hydrogens is 342 g/mol. The lowest BCUT2D eigenvalue weighted by atomic mass is 10.1. The molecule has 4 rings (SSSR count). The van der Waals surface area contributed by atoms with E-state index in [0.717, 1.165) is 41.9 Å². The Hall–Kier alpha value is -2.77. The van der Waals surface area contributed by atoms with Crippen LogP contribution in [0.15, 0.2) is 48.7 Å². The number of nitrogens with one attached hydrogen (secondary N) is 1. The van der Waals surface area contributed by atoms with Crippen LogP contribution in [-0.2, 0) is 22.6 Å². The van der Waals surface area contributed by atoms with Gasteiger partial charge in [-0.3, -0.25) is 19.4 Å². The van der Waals surface area contributed by atoms with Gasteiger partial charge in [-0.25, -0.2) is 0 Å². The number of carbonyl (C=O) groups excluding carboxylic acids is 1. The van der Waals surface area contributed by atoms with Crippen LogP contribution in [0, 0.1) is 0 Å². The predicted octanol–water partition coefficient (Wildman–Crippen LogP) is 1.75. The highest BCUT2D eigenvalue weighted by Crippen LogP contribution is 2.22. The van der Waals surface area contributed by atoms with Crippen LogP contribution in [0.3, 0.4) is 0 Å². The molecule has 7 heteroatoms. The van der Waals surface area contributed by atoms with Crippen molar-refractivity contribution in [1.29, 1.82) is 0 Å². The first-order valence-corrected chi connectivity index (χ1v) is 9.08. The van der Waals surface area contributed by atoms with E-state index in [1.165, 1.54) is 7.11 Å². The quantitative estimate of drug-likeness (QED) is 0.721. The maximum absolute atomic E-state index is 11.7. The van der Waals surface area contributed by atoms with Gasteiger partial charge in [-0.05, 0) is 18.2 Å². The third kappa shape index (κ3) is 3.99. The highest BCUT2D eigenvalue weighted by molar-refractivity contribution is 5.78. The topological polar surface area (TPSA) is 72.3 Å². The van der Waals surface area contributed by atoms with E-state index >= 15 is 0 Å². The average Bonchev–Trinajstić information content (AvgIpc) is 3.15. The van der Waals surface area contributed by atoms with Gasteiger partial charge >= 0.3 is 0 Å². The zero-order valence-corrected chi connectivity index (χ0v) is 15.3. The number of fused-ring (bicyclic) bond motifs is 2. The van der Waals surface area contributed by atoms with E-state index in [1.54, 1.807) is 0 Å². The molecule has 0 fully saturated rings. The van der Waals surface area contributed by atoms with Crippen molar-refractivity contribution in [3.63, 3.8) is 0 Å². The van der Waals surface area contributed by atoms with Crippen molar-refractivity contribution in [1.82, 2.24) is 25.0 Å². The Bertz CT molecular complexity index is 939. The normalized spacial score (nSPS) is 17.0. The number of nitrogens with zero attached hydrogens (tertiary/aromatic N) is 4. The number of methoxy groups -OCH3 is 1. The zero-order valence-electron chi connectivity index (χ0n) is 15.3. The first kappa shape index (κ1) is 17.6. The summed E-state index contributed by atoms with van der Waals surface area (Å²) in [7, 11) is 1.52. The minimum absolute atomic E-state index is 0.0728. The fraction of sp³-hybridized carbons (Fsp3) is 0.350. The van der Waals surface area contributed by atoms with E-state index in [1.807, 2.05) is 35.1 Å². The van der Waals surface area contributed by atoms with E-state index < -0.39 is 0 Å². The Morgan fingerprint density at radius 1 is 1.26 bits per heavy atom. The van der Waals surface area contributed by atoms with Gasteiger partial charge in [0, 0.05) is 44.9 Å². The SMILES string of the molecule is COCC(=O)NCC1CN(Cc2ccc3ccccc3n2)Cc2ccnn21. The monoisotopic (exact) mass is 365 g/mol. The third-order valence-corrected chi connectivity index (χ3v) is 4.80. The maximum Gasteiger partial charge on any atom is 0.246 e. The van der Waals surface area contributed by atoms with Crippen LogP contribution in [0.25, 0.3) is 10.9 Å². The van der Waals surface area contributed by atoms with Gasteiger partial charge in [-0.15, -0.1) is 0 Å². The summed E-state index contributed by atoms with van der Waals surface area (Å²) < 4.78 is 6.89. The van der Waals surface area contributed by atoms with Crippen molar-refractivity contribution < 1.29 is 9.53 Å². The van der Waals surface area contributed by atoms with Crippen molar-refractivity contribution in [2.45, 2.75) is 19.1 Å². The summed E-state index contributed by atoms with van der Waals surface area (Å²) in [5.74, 6) is -0.112. The molecule has 27 heavy (non-hydrogen) atoms.